The van der Waals surface area contributed by atoms with Crippen LogP contribution in [0.1, 0.15) is 36.8 Å². The minimum atomic E-state index is -0.370. The average molecular weight is 274 g/mol. The molecule has 1 unspecified atom stereocenters. The van der Waals surface area contributed by atoms with E-state index in [4.69, 9.17) is 4.74 Å². The van der Waals surface area contributed by atoms with Crippen molar-refractivity contribution in [1.29, 1.82) is 0 Å². The fraction of sp³-hybridized carbons (Fsp3) is 0.467. The van der Waals surface area contributed by atoms with E-state index in [9.17, 15) is 10.1 Å². The molecule has 0 radical (unpaired) electrons. The molecule has 5 nitrogen and oxygen atoms in total. The second-order valence-corrected chi connectivity index (χ2v) is 5.52. The molecule has 0 aromatic heterocycles. The summed E-state index contributed by atoms with van der Waals surface area (Å²) < 4.78 is 5.27. The Kier molecular flexibility index (Phi) is 3.12. The molecule has 1 aliphatic heterocycles. The number of ether oxygens (including phenoxy) is 1. The summed E-state index contributed by atoms with van der Waals surface area (Å²) in [4.78, 5) is 10.3. The smallest absolute Gasteiger partial charge is 0.253 e. The molecule has 1 atom stereocenters. The molecule has 1 aromatic rings. The molecule has 1 saturated heterocycles. The van der Waals surface area contributed by atoms with Crippen molar-refractivity contribution < 1.29 is 9.66 Å². The average Bonchev–Trinajstić information content (AvgIpc) is 2.76. The number of fused-ring (bicyclic) bond motifs is 2. The number of allylic oxidation sites excluding steroid dienone is 1. The van der Waals surface area contributed by atoms with Crippen LogP contribution in [0.15, 0.2) is 30.1 Å². The van der Waals surface area contributed by atoms with Crippen LogP contribution in [0.2, 0.25) is 0 Å². The molecule has 106 valence electrons. The van der Waals surface area contributed by atoms with Gasteiger partial charge in [-0.1, -0.05) is 6.07 Å². The molecule has 1 N–H and O–H groups in total. The summed E-state index contributed by atoms with van der Waals surface area (Å²) in [6, 6.07) is 6.15. The van der Waals surface area contributed by atoms with Crippen LogP contribution < -0.4 is 10.1 Å². The Balaban J connectivity index is 1.94. The van der Waals surface area contributed by atoms with Crippen LogP contribution in [0.25, 0.3) is 0 Å². The maximum atomic E-state index is 10.7. The van der Waals surface area contributed by atoms with Crippen LogP contribution in [-0.4, -0.2) is 12.0 Å². The number of benzene rings is 1. The molecular weight excluding hydrogens is 256 g/mol. The highest BCUT2D eigenvalue weighted by atomic mass is 16.6. The van der Waals surface area contributed by atoms with Gasteiger partial charge in [0.25, 0.3) is 6.20 Å². The predicted molar refractivity (Wildman–Crippen MR) is 75.1 cm³/mol. The van der Waals surface area contributed by atoms with Gasteiger partial charge in [0.2, 0.25) is 0 Å². The molecule has 0 saturated carbocycles. The largest absolute Gasteiger partial charge is 0.497 e. The van der Waals surface area contributed by atoms with Gasteiger partial charge in [-0.05, 0) is 55.4 Å². The van der Waals surface area contributed by atoms with Gasteiger partial charge in [0.1, 0.15) is 5.75 Å². The highest BCUT2D eigenvalue weighted by Crippen LogP contribution is 2.44. The van der Waals surface area contributed by atoms with E-state index in [2.05, 4.69) is 17.4 Å². The zero-order valence-electron chi connectivity index (χ0n) is 11.5. The van der Waals surface area contributed by atoms with E-state index in [0.717, 1.165) is 49.8 Å². The number of hydrogen-bond donors (Lipinski definition) is 1. The van der Waals surface area contributed by atoms with Gasteiger partial charge >= 0.3 is 0 Å². The molecule has 0 amide bonds. The van der Waals surface area contributed by atoms with Gasteiger partial charge in [0.05, 0.1) is 23.3 Å². The van der Waals surface area contributed by atoms with Crippen molar-refractivity contribution in [3.05, 3.63) is 51.3 Å². The summed E-state index contributed by atoms with van der Waals surface area (Å²) >= 11 is 0. The molecule has 1 aromatic carbocycles. The van der Waals surface area contributed by atoms with Gasteiger partial charge < -0.3 is 10.1 Å². The third-order valence-corrected chi connectivity index (χ3v) is 4.36. The zero-order chi connectivity index (χ0) is 14.2. The Morgan fingerprint density at radius 1 is 1.40 bits per heavy atom. The minimum Gasteiger partial charge on any atom is -0.497 e. The van der Waals surface area contributed by atoms with Gasteiger partial charge in [-0.15, -0.1) is 0 Å². The van der Waals surface area contributed by atoms with E-state index < -0.39 is 0 Å². The molecule has 1 aliphatic carbocycles. The molecule has 1 fully saturated rings. The highest BCUT2D eigenvalue weighted by molar-refractivity contribution is 5.44. The third-order valence-electron chi connectivity index (χ3n) is 4.36. The number of nitrogens with zero attached hydrogens (tertiary/aromatic N) is 1. The number of rotatable bonds is 2. The molecule has 5 heteroatoms. The number of hydrogen-bond acceptors (Lipinski definition) is 4. The lowest BCUT2D eigenvalue weighted by molar-refractivity contribution is -0.404. The van der Waals surface area contributed by atoms with Gasteiger partial charge in [-0.3, -0.25) is 10.1 Å². The number of aryl methyl sites for hydroxylation is 1. The Morgan fingerprint density at radius 2 is 2.25 bits per heavy atom. The molecule has 1 spiro atoms. The van der Waals surface area contributed by atoms with Crippen LogP contribution >= 0.6 is 0 Å². The molecule has 20 heavy (non-hydrogen) atoms. The fourth-order valence-electron chi connectivity index (χ4n) is 3.48. The van der Waals surface area contributed by atoms with E-state index >= 15 is 0 Å². The molecule has 1 heterocycles. The van der Waals surface area contributed by atoms with E-state index in [0.29, 0.717) is 0 Å². The van der Waals surface area contributed by atoms with Crippen LogP contribution in [0.5, 0.6) is 5.75 Å². The summed E-state index contributed by atoms with van der Waals surface area (Å²) in [7, 11) is 1.67. The highest BCUT2D eigenvalue weighted by Gasteiger charge is 2.41. The molecule has 3 rings (SSSR count). The van der Waals surface area contributed by atoms with Gasteiger partial charge in [0.15, 0.2) is 0 Å². The van der Waals surface area contributed by atoms with Gasteiger partial charge in [0, 0.05) is 0 Å². The first kappa shape index (κ1) is 13.0. The van der Waals surface area contributed by atoms with Gasteiger partial charge in [-0.2, -0.15) is 0 Å². The molecule has 2 aliphatic rings. The van der Waals surface area contributed by atoms with E-state index in [1.165, 1.54) is 11.1 Å². The monoisotopic (exact) mass is 274 g/mol. The standard InChI is InChI=1S/C15H18N2O3/c1-20-13-4-5-14-11(9-13)6-8-15(14)7-2-3-12(16-15)10-17(18)19/h4-5,9-10,16H,2-3,6-8H2,1H3/b12-10+. The van der Waals surface area contributed by atoms with Crippen molar-refractivity contribution in [3.63, 3.8) is 0 Å². The maximum absolute atomic E-state index is 10.7. The topological polar surface area (TPSA) is 64.4 Å². The summed E-state index contributed by atoms with van der Waals surface area (Å²) in [5, 5.41) is 14.1. The zero-order valence-corrected chi connectivity index (χ0v) is 11.5. The van der Waals surface area contributed by atoms with Crippen molar-refractivity contribution in [2.75, 3.05) is 7.11 Å². The van der Waals surface area contributed by atoms with Gasteiger partial charge in [-0.25, -0.2) is 0 Å². The van der Waals surface area contributed by atoms with Crippen LogP contribution in [0.4, 0.5) is 0 Å². The lowest BCUT2D eigenvalue weighted by Gasteiger charge is -2.37. The van der Waals surface area contributed by atoms with Crippen molar-refractivity contribution in [2.45, 2.75) is 37.6 Å². The fourth-order valence-corrected chi connectivity index (χ4v) is 3.48. The maximum Gasteiger partial charge on any atom is 0.253 e. The van der Waals surface area contributed by atoms with Crippen molar-refractivity contribution in [2.24, 2.45) is 0 Å². The lowest BCUT2D eigenvalue weighted by Crippen LogP contribution is -2.43. The third kappa shape index (κ3) is 2.13. The number of methoxy groups -OCH3 is 1. The second-order valence-electron chi connectivity index (χ2n) is 5.52. The summed E-state index contributed by atoms with van der Waals surface area (Å²) in [6.45, 7) is 0. The normalized spacial score (nSPS) is 26.4. The Morgan fingerprint density at radius 3 is 3.00 bits per heavy atom. The second kappa shape index (κ2) is 4.81. The molecule has 0 bridgehead atoms. The minimum absolute atomic E-state index is 0.123. The number of nitro groups is 1. The van der Waals surface area contributed by atoms with Crippen molar-refractivity contribution in [3.8, 4) is 5.75 Å². The van der Waals surface area contributed by atoms with E-state index in [-0.39, 0.29) is 10.5 Å². The van der Waals surface area contributed by atoms with Crippen LogP contribution in [0, 0.1) is 10.1 Å². The van der Waals surface area contributed by atoms with Crippen molar-refractivity contribution in [1.82, 2.24) is 5.32 Å². The van der Waals surface area contributed by atoms with E-state index in [1.54, 1.807) is 7.11 Å². The number of piperidine rings is 1. The van der Waals surface area contributed by atoms with Crippen LogP contribution in [-0.2, 0) is 12.0 Å². The quantitative estimate of drug-likeness (QED) is 0.665. The van der Waals surface area contributed by atoms with Crippen molar-refractivity contribution >= 4 is 0 Å². The van der Waals surface area contributed by atoms with E-state index in [1.807, 2.05) is 6.07 Å². The summed E-state index contributed by atoms with van der Waals surface area (Å²) in [5.41, 5.74) is 3.18. The summed E-state index contributed by atoms with van der Waals surface area (Å²) in [5.74, 6) is 0.873. The summed E-state index contributed by atoms with van der Waals surface area (Å²) in [6.07, 6.45) is 5.87. The first-order chi connectivity index (χ1) is 9.63. The first-order valence-corrected chi connectivity index (χ1v) is 6.93. The SMILES string of the molecule is COc1ccc2c(c1)CCC21CCC/C(=C\[N+](=O)[O-])N1. The molecular formula is C15H18N2O3. The first-order valence-electron chi connectivity index (χ1n) is 6.93. The number of nitrogens with one attached hydrogen (secondary N) is 1. The lowest BCUT2D eigenvalue weighted by atomic mass is 9.82. The Bertz CT molecular complexity index is 582. The van der Waals surface area contributed by atoms with Crippen LogP contribution in [0.3, 0.4) is 0 Å². The predicted octanol–water partition coefficient (Wildman–Crippen LogP) is 2.73. The Hall–Kier alpha value is -2.04. The Labute approximate surface area is 117 Å².